The van der Waals surface area contributed by atoms with Crippen LogP contribution in [0.3, 0.4) is 0 Å². The molecule has 1 N–H and O–H groups in total. The first-order valence-electron chi connectivity index (χ1n) is 12.1. The van der Waals surface area contributed by atoms with Crippen molar-refractivity contribution in [3.05, 3.63) is 97.2 Å². The summed E-state index contributed by atoms with van der Waals surface area (Å²) in [5.74, 6) is 0.00717. The van der Waals surface area contributed by atoms with Crippen LogP contribution < -0.4 is 5.32 Å². The zero-order valence-electron chi connectivity index (χ0n) is 19.9. The number of rotatable bonds is 10. The minimum atomic E-state index is -3.82. The molecule has 0 atom stereocenters. The molecule has 36 heavy (non-hydrogen) atoms. The van der Waals surface area contributed by atoms with Crippen LogP contribution in [-0.4, -0.2) is 34.4 Å². The summed E-state index contributed by atoms with van der Waals surface area (Å²) in [6, 6.07) is 20.4. The lowest BCUT2D eigenvalue weighted by atomic mass is 10.1. The molecular formula is C28H28N4O3S. The maximum Gasteiger partial charge on any atom is 0.268 e. The molecule has 0 spiro atoms. The number of benzene rings is 3. The second-order valence-electron chi connectivity index (χ2n) is 8.81. The summed E-state index contributed by atoms with van der Waals surface area (Å²) in [7, 11) is -3.82. The Balaban J connectivity index is 1.29. The average molecular weight is 501 g/mol. The first kappa shape index (κ1) is 23.8. The van der Waals surface area contributed by atoms with Gasteiger partial charge in [-0.15, -0.1) is 0 Å². The van der Waals surface area contributed by atoms with E-state index in [1.807, 2.05) is 65.4 Å². The molecule has 0 aliphatic carbocycles. The second-order valence-corrected chi connectivity index (χ2v) is 10.6. The van der Waals surface area contributed by atoms with Gasteiger partial charge in [-0.25, -0.2) is 17.4 Å². The van der Waals surface area contributed by atoms with Gasteiger partial charge in [0.2, 0.25) is 5.91 Å². The van der Waals surface area contributed by atoms with Crippen molar-refractivity contribution in [2.24, 2.45) is 0 Å². The maximum atomic E-state index is 13.8. The van der Waals surface area contributed by atoms with Crippen LogP contribution in [0.25, 0.3) is 21.7 Å². The number of hydrogen-bond acceptors (Lipinski definition) is 4. The van der Waals surface area contributed by atoms with Gasteiger partial charge in [0.25, 0.3) is 10.0 Å². The van der Waals surface area contributed by atoms with Crippen molar-refractivity contribution in [1.82, 2.24) is 18.8 Å². The first-order chi connectivity index (χ1) is 17.5. The van der Waals surface area contributed by atoms with Crippen LogP contribution in [0.4, 0.5) is 0 Å². The molecule has 0 bridgehead atoms. The van der Waals surface area contributed by atoms with Crippen LogP contribution >= 0.6 is 0 Å². The van der Waals surface area contributed by atoms with Gasteiger partial charge in [-0.3, -0.25) is 4.79 Å². The van der Waals surface area contributed by atoms with Crippen LogP contribution in [-0.2, 0) is 27.8 Å². The number of amides is 1. The van der Waals surface area contributed by atoms with Crippen molar-refractivity contribution in [3.63, 3.8) is 0 Å². The van der Waals surface area contributed by atoms with E-state index in [-0.39, 0.29) is 10.8 Å². The van der Waals surface area contributed by atoms with Gasteiger partial charge in [0.05, 0.1) is 16.7 Å². The summed E-state index contributed by atoms with van der Waals surface area (Å²) in [6.45, 7) is 1.42. The predicted molar refractivity (Wildman–Crippen MR) is 141 cm³/mol. The highest BCUT2D eigenvalue weighted by Gasteiger charge is 2.23. The van der Waals surface area contributed by atoms with Crippen LogP contribution in [0.15, 0.2) is 96.5 Å². The molecule has 0 radical (unpaired) electrons. The standard InChI is InChI=1S/C28H28N4O3S/c33-28(30-16-7-18-31-19-17-29-21-31)15-6-10-23-20-32(26-13-4-3-11-24(23)26)36(34,35)27-14-5-9-22-8-1-2-12-25(22)27/h1-5,8-9,11-14,17,19-21H,6-7,10,15-16,18H2,(H,30,33). The highest BCUT2D eigenvalue weighted by atomic mass is 32.2. The molecule has 3 aromatic carbocycles. The van der Waals surface area contributed by atoms with Crippen LogP contribution in [0.5, 0.6) is 0 Å². The number of hydrogen-bond donors (Lipinski definition) is 1. The van der Waals surface area contributed by atoms with E-state index in [2.05, 4.69) is 10.3 Å². The molecule has 2 aromatic heterocycles. The molecule has 2 heterocycles. The number of nitrogens with one attached hydrogen (secondary N) is 1. The highest BCUT2D eigenvalue weighted by molar-refractivity contribution is 7.90. The zero-order valence-corrected chi connectivity index (χ0v) is 20.7. The SMILES string of the molecule is O=C(CCCc1cn(S(=O)(=O)c2cccc3ccccc23)c2ccccc12)NCCCn1ccnc1. The van der Waals surface area contributed by atoms with Crippen molar-refractivity contribution >= 4 is 37.6 Å². The molecular weight excluding hydrogens is 472 g/mol. The van der Waals surface area contributed by atoms with Crippen molar-refractivity contribution < 1.29 is 13.2 Å². The van der Waals surface area contributed by atoms with E-state index in [0.29, 0.717) is 36.7 Å². The summed E-state index contributed by atoms with van der Waals surface area (Å²) >= 11 is 0. The first-order valence-corrected chi connectivity index (χ1v) is 13.5. The van der Waals surface area contributed by atoms with Crippen LogP contribution in [0, 0.1) is 0 Å². The summed E-state index contributed by atoms with van der Waals surface area (Å²) in [4.78, 5) is 16.6. The van der Waals surface area contributed by atoms with Crippen molar-refractivity contribution in [3.8, 4) is 0 Å². The Kier molecular flexibility index (Phi) is 6.86. The third kappa shape index (κ3) is 4.90. The second kappa shape index (κ2) is 10.4. The Morgan fingerprint density at radius 1 is 0.917 bits per heavy atom. The molecule has 5 rings (SSSR count). The molecule has 5 aromatic rings. The number of fused-ring (bicyclic) bond motifs is 2. The molecule has 0 saturated carbocycles. The molecule has 0 aliphatic heterocycles. The van der Waals surface area contributed by atoms with Gasteiger partial charge in [0.15, 0.2) is 0 Å². The van der Waals surface area contributed by atoms with E-state index in [9.17, 15) is 13.2 Å². The quantitative estimate of drug-likeness (QED) is 0.280. The summed E-state index contributed by atoms with van der Waals surface area (Å²) in [5.41, 5.74) is 1.56. The van der Waals surface area contributed by atoms with Gasteiger partial charge in [0, 0.05) is 48.9 Å². The number of aryl methyl sites for hydroxylation is 2. The third-order valence-corrected chi connectivity index (χ3v) is 8.10. The minimum absolute atomic E-state index is 0.00717. The Labute approximate surface area is 210 Å². The summed E-state index contributed by atoms with van der Waals surface area (Å²) < 4.78 is 30.9. The van der Waals surface area contributed by atoms with Gasteiger partial charge in [0.1, 0.15) is 0 Å². The monoisotopic (exact) mass is 500 g/mol. The molecule has 8 heteroatoms. The Hall–Kier alpha value is -3.91. The lowest BCUT2D eigenvalue weighted by molar-refractivity contribution is -0.121. The fourth-order valence-corrected chi connectivity index (χ4v) is 6.19. The molecule has 0 fully saturated rings. The number of carbonyl (C=O) groups is 1. The van der Waals surface area contributed by atoms with Crippen molar-refractivity contribution in [2.45, 2.75) is 37.1 Å². The number of nitrogens with zero attached hydrogens (tertiary/aromatic N) is 3. The zero-order chi connectivity index (χ0) is 25.0. The molecule has 0 saturated heterocycles. The molecule has 184 valence electrons. The van der Waals surface area contributed by atoms with Gasteiger partial charge < -0.3 is 9.88 Å². The summed E-state index contributed by atoms with van der Waals surface area (Å²) in [5, 5.41) is 5.43. The predicted octanol–water partition coefficient (Wildman–Crippen LogP) is 4.76. The van der Waals surface area contributed by atoms with E-state index in [1.54, 1.807) is 30.9 Å². The Morgan fingerprint density at radius 2 is 1.69 bits per heavy atom. The van der Waals surface area contributed by atoms with Crippen LogP contribution in [0.2, 0.25) is 0 Å². The lowest BCUT2D eigenvalue weighted by Crippen LogP contribution is -2.24. The molecule has 0 aliphatic rings. The van der Waals surface area contributed by atoms with Crippen molar-refractivity contribution in [2.75, 3.05) is 6.54 Å². The molecule has 7 nitrogen and oxygen atoms in total. The number of aromatic nitrogens is 3. The van der Waals surface area contributed by atoms with Gasteiger partial charge in [-0.1, -0.05) is 54.6 Å². The fraction of sp³-hybridized carbons (Fsp3) is 0.214. The third-order valence-electron chi connectivity index (χ3n) is 6.37. The van der Waals surface area contributed by atoms with E-state index in [0.717, 1.165) is 29.3 Å². The smallest absolute Gasteiger partial charge is 0.268 e. The Bertz CT molecular complexity index is 1600. The van der Waals surface area contributed by atoms with E-state index in [1.165, 1.54) is 3.97 Å². The van der Waals surface area contributed by atoms with E-state index in [4.69, 9.17) is 0 Å². The van der Waals surface area contributed by atoms with Gasteiger partial charge in [-0.2, -0.15) is 0 Å². The summed E-state index contributed by atoms with van der Waals surface area (Å²) in [6.07, 6.45) is 9.59. The Morgan fingerprint density at radius 3 is 2.53 bits per heavy atom. The largest absolute Gasteiger partial charge is 0.356 e. The minimum Gasteiger partial charge on any atom is -0.356 e. The fourth-order valence-electron chi connectivity index (χ4n) is 4.58. The van der Waals surface area contributed by atoms with Crippen LogP contribution in [0.1, 0.15) is 24.8 Å². The van der Waals surface area contributed by atoms with Gasteiger partial charge >= 0.3 is 0 Å². The topological polar surface area (TPSA) is 86.0 Å². The average Bonchev–Trinajstić information content (AvgIpc) is 3.55. The van der Waals surface area contributed by atoms with E-state index < -0.39 is 10.0 Å². The number of imidazole rings is 1. The maximum absolute atomic E-state index is 13.8. The van der Waals surface area contributed by atoms with E-state index >= 15 is 0 Å². The van der Waals surface area contributed by atoms with Gasteiger partial charge in [-0.05, 0) is 42.3 Å². The highest BCUT2D eigenvalue weighted by Crippen LogP contribution is 2.30. The molecule has 1 amide bonds. The number of para-hydroxylation sites is 1. The normalized spacial score (nSPS) is 11.8. The van der Waals surface area contributed by atoms with Crippen molar-refractivity contribution in [1.29, 1.82) is 0 Å². The number of carbonyl (C=O) groups excluding carboxylic acids is 1. The lowest BCUT2D eigenvalue weighted by Gasteiger charge is -2.10. The molecule has 0 unspecified atom stereocenters.